The minimum absolute atomic E-state index is 0.354. The van der Waals surface area contributed by atoms with E-state index in [1.807, 2.05) is 18.2 Å². The quantitative estimate of drug-likeness (QED) is 0.160. The van der Waals surface area contributed by atoms with Gasteiger partial charge < -0.3 is 23.9 Å². The van der Waals surface area contributed by atoms with Crippen molar-refractivity contribution in [2.24, 2.45) is 0 Å². The van der Waals surface area contributed by atoms with E-state index in [4.69, 9.17) is 19.4 Å². The van der Waals surface area contributed by atoms with Gasteiger partial charge in [0, 0.05) is 38.9 Å². The first kappa shape index (κ1) is 26.7. The summed E-state index contributed by atoms with van der Waals surface area (Å²) in [5.74, 6) is 1.43. The number of methoxy groups -OCH3 is 2. The molecule has 0 bridgehead atoms. The molecule has 0 amide bonds. The summed E-state index contributed by atoms with van der Waals surface area (Å²) in [6.07, 6.45) is 6.42. The maximum atomic E-state index is 12.2. The highest BCUT2D eigenvalue weighted by Crippen LogP contribution is 2.34. The molecule has 198 valence electrons. The maximum Gasteiger partial charge on any atom is 0.337 e. The van der Waals surface area contributed by atoms with E-state index in [1.54, 1.807) is 7.11 Å². The Balaban J connectivity index is 1.87. The molecule has 8 nitrogen and oxygen atoms in total. The normalized spacial score (nSPS) is 11.5. The van der Waals surface area contributed by atoms with E-state index < -0.39 is 0 Å². The molecule has 0 saturated heterocycles. The lowest BCUT2D eigenvalue weighted by molar-refractivity contribution is 0.0601. The Morgan fingerprint density at radius 1 is 0.919 bits per heavy atom. The molecule has 0 fully saturated rings. The largest absolute Gasteiger partial charge is 0.465 e. The summed E-state index contributed by atoms with van der Waals surface area (Å²) in [5, 5.41) is 3.53. The number of imidazole rings is 2. The number of aromatic nitrogens is 4. The van der Waals surface area contributed by atoms with Crippen molar-refractivity contribution in [3.63, 3.8) is 0 Å². The minimum Gasteiger partial charge on any atom is -0.465 e. The van der Waals surface area contributed by atoms with Gasteiger partial charge in [-0.15, -0.1) is 0 Å². The van der Waals surface area contributed by atoms with Crippen molar-refractivity contribution in [2.75, 3.05) is 32.7 Å². The van der Waals surface area contributed by atoms with Gasteiger partial charge in [-0.05, 0) is 49.6 Å². The fourth-order valence-corrected chi connectivity index (χ4v) is 4.78. The van der Waals surface area contributed by atoms with E-state index in [1.165, 1.54) is 7.11 Å². The van der Waals surface area contributed by atoms with Crippen LogP contribution in [0.5, 0.6) is 0 Å². The number of benzene rings is 2. The highest BCUT2D eigenvalue weighted by Gasteiger charge is 2.20. The molecule has 2 aromatic heterocycles. The topological polar surface area (TPSA) is 83.2 Å². The summed E-state index contributed by atoms with van der Waals surface area (Å²) in [4.78, 5) is 22.2. The van der Waals surface area contributed by atoms with Gasteiger partial charge in [-0.25, -0.2) is 14.8 Å². The minimum atomic E-state index is -0.354. The van der Waals surface area contributed by atoms with Gasteiger partial charge in [0.1, 0.15) is 5.82 Å². The molecular weight excluding hydrogens is 466 g/mol. The van der Waals surface area contributed by atoms with E-state index in [0.29, 0.717) is 12.2 Å². The Labute approximate surface area is 219 Å². The van der Waals surface area contributed by atoms with Gasteiger partial charge in [0.15, 0.2) is 0 Å². The van der Waals surface area contributed by atoms with Crippen LogP contribution in [0.1, 0.15) is 62.7 Å². The summed E-state index contributed by atoms with van der Waals surface area (Å²) in [6.45, 7) is 7.66. The molecule has 2 heterocycles. The van der Waals surface area contributed by atoms with Gasteiger partial charge in [0.2, 0.25) is 5.95 Å². The molecule has 0 aliphatic rings. The molecule has 2 aromatic carbocycles. The van der Waals surface area contributed by atoms with E-state index in [9.17, 15) is 4.79 Å². The van der Waals surface area contributed by atoms with Gasteiger partial charge in [-0.2, -0.15) is 0 Å². The summed E-state index contributed by atoms with van der Waals surface area (Å²) in [5.41, 5.74) is 5.42. The molecular formula is C29H39N5O3. The average molecular weight is 506 g/mol. The van der Waals surface area contributed by atoms with E-state index in [-0.39, 0.29) is 5.97 Å². The molecule has 37 heavy (non-hydrogen) atoms. The van der Waals surface area contributed by atoms with Crippen LogP contribution in [0.4, 0.5) is 5.95 Å². The number of aryl methyl sites for hydroxylation is 2. The maximum absolute atomic E-state index is 12.2. The molecule has 0 spiro atoms. The monoisotopic (exact) mass is 505 g/mol. The molecule has 4 rings (SSSR count). The van der Waals surface area contributed by atoms with Crippen LogP contribution in [0.3, 0.4) is 0 Å². The van der Waals surface area contributed by atoms with Crippen LogP contribution in [-0.4, -0.2) is 52.4 Å². The van der Waals surface area contributed by atoms with Gasteiger partial charge in [-0.3, -0.25) is 0 Å². The number of nitrogens with zero attached hydrogens (tertiary/aromatic N) is 4. The number of carbonyl (C=O) groups excluding carboxylic acids is 1. The first-order valence-corrected chi connectivity index (χ1v) is 13.4. The fraction of sp³-hybridized carbons (Fsp3) is 0.483. The van der Waals surface area contributed by atoms with Crippen molar-refractivity contribution in [1.82, 2.24) is 19.1 Å². The van der Waals surface area contributed by atoms with Gasteiger partial charge in [-0.1, -0.05) is 39.2 Å². The number of para-hydroxylation sites is 1. The Morgan fingerprint density at radius 2 is 1.73 bits per heavy atom. The molecule has 0 aliphatic carbocycles. The number of nitrogens with one attached hydrogen (secondary N) is 1. The highest BCUT2D eigenvalue weighted by molar-refractivity contribution is 5.97. The second-order valence-corrected chi connectivity index (χ2v) is 9.38. The molecule has 0 saturated carbocycles. The van der Waals surface area contributed by atoms with Crippen molar-refractivity contribution < 1.29 is 14.3 Å². The van der Waals surface area contributed by atoms with Gasteiger partial charge >= 0.3 is 5.97 Å². The van der Waals surface area contributed by atoms with E-state index in [2.05, 4.69) is 46.5 Å². The third-order valence-electron chi connectivity index (χ3n) is 6.71. The molecule has 4 aromatic rings. The van der Waals surface area contributed by atoms with Crippen LogP contribution in [0.25, 0.3) is 33.5 Å². The molecule has 0 unspecified atom stereocenters. The Morgan fingerprint density at radius 3 is 2.49 bits per heavy atom. The predicted molar refractivity (Wildman–Crippen MR) is 149 cm³/mol. The lowest BCUT2D eigenvalue weighted by Gasteiger charge is -2.14. The fourth-order valence-electron chi connectivity index (χ4n) is 4.78. The second-order valence-electron chi connectivity index (χ2n) is 9.38. The van der Waals surface area contributed by atoms with Crippen LogP contribution in [0.15, 0.2) is 36.4 Å². The molecule has 8 heteroatoms. The number of rotatable bonds is 14. The van der Waals surface area contributed by atoms with Crippen LogP contribution in [0, 0.1) is 0 Å². The lowest BCUT2D eigenvalue weighted by atomic mass is 10.1. The smallest absolute Gasteiger partial charge is 0.337 e. The number of fused-ring (bicyclic) bond motifs is 2. The van der Waals surface area contributed by atoms with Crippen LogP contribution < -0.4 is 5.32 Å². The summed E-state index contributed by atoms with van der Waals surface area (Å²) >= 11 is 0. The zero-order chi connectivity index (χ0) is 26.2. The zero-order valence-corrected chi connectivity index (χ0v) is 22.5. The number of hydrogen-bond acceptors (Lipinski definition) is 6. The van der Waals surface area contributed by atoms with Gasteiger partial charge in [0.05, 0.1) is 34.7 Å². The number of unbranched alkanes of at least 4 members (excludes halogenated alkanes) is 3. The molecule has 0 aliphatic heterocycles. The molecule has 0 radical (unpaired) electrons. The van der Waals surface area contributed by atoms with E-state index in [0.717, 1.165) is 97.6 Å². The Hall–Kier alpha value is -3.39. The van der Waals surface area contributed by atoms with Crippen molar-refractivity contribution in [1.29, 1.82) is 0 Å². The number of anilines is 1. The van der Waals surface area contributed by atoms with Crippen molar-refractivity contribution >= 4 is 34.0 Å². The Bertz CT molecular complexity index is 1340. The van der Waals surface area contributed by atoms with Crippen LogP contribution in [0.2, 0.25) is 0 Å². The number of esters is 1. The standard InChI is InChI=1S/C29H39N5O3/c1-5-7-9-18-33-25-15-14-21(28(35)37-4)20-24(25)31-27(33)22-12-10-13-23-26(22)34(17-8-6-2)29(32-23)30-16-11-19-36-3/h10,12-15,20H,5-9,11,16-19H2,1-4H3,(H,30,32). The Kier molecular flexibility index (Phi) is 9.17. The van der Waals surface area contributed by atoms with Gasteiger partial charge in [0.25, 0.3) is 0 Å². The molecule has 0 atom stereocenters. The first-order chi connectivity index (χ1) is 18.1. The van der Waals surface area contributed by atoms with E-state index >= 15 is 0 Å². The second kappa shape index (κ2) is 12.7. The molecule has 1 N–H and O–H groups in total. The number of ether oxygens (including phenoxy) is 2. The SMILES string of the molecule is CCCCCn1c(-c2cccc3nc(NCCCOC)n(CCCC)c23)nc2cc(C(=O)OC)ccc21. The average Bonchev–Trinajstić information content (AvgIpc) is 3.47. The third kappa shape index (κ3) is 5.80. The van der Waals surface area contributed by atoms with Crippen LogP contribution >= 0.6 is 0 Å². The summed E-state index contributed by atoms with van der Waals surface area (Å²) in [6, 6.07) is 11.9. The predicted octanol–water partition coefficient (Wildman–Crippen LogP) is 6.28. The zero-order valence-electron chi connectivity index (χ0n) is 22.5. The third-order valence-corrected chi connectivity index (χ3v) is 6.71. The summed E-state index contributed by atoms with van der Waals surface area (Å²) in [7, 11) is 3.13. The summed E-state index contributed by atoms with van der Waals surface area (Å²) < 4.78 is 14.8. The number of carbonyl (C=O) groups is 1. The van der Waals surface area contributed by atoms with Crippen LogP contribution in [-0.2, 0) is 22.6 Å². The van der Waals surface area contributed by atoms with Crippen molar-refractivity contribution in [3.8, 4) is 11.4 Å². The van der Waals surface area contributed by atoms with Crippen molar-refractivity contribution in [2.45, 2.75) is 65.5 Å². The highest BCUT2D eigenvalue weighted by atomic mass is 16.5. The van der Waals surface area contributed by atoms with Crippen molar-refractivity contribution in [3.05, 3.63) is 42.0 Å². The number of hydrogen-bond donors (Lipinski definition) is 1. The lowest BCUT2D eigenvalue weighted by Crippen LogP contribution is -2.11. The first-order valence-electron chi connectivity index (χ1n) is 13.4.